The summed E-state index contributed by atoms with van der Waals surface area (Å²) in [6.07, 6.45) is 0. The predicted octanol–water partition coefficient (Wildman–Crippen LogP) is -3.00. The number of carbonyl (C=O) groups excluding carboxylic acids is 2. The van der Waals surface area contributed by atoms with E-state index in [4.69, 9.17) is 5.73 Å². The third-order valence-corrected chi connectivity index (χ3v) is 7.61. The van der Waals surface area contributed by atoms with Gasteiger partial charge in [-0.1, -0.05) is 12.1 Å². The normalized spacial score (nSPS) is 13.1. The topological polar surface area (TPSA) is 222 Å². The van der Waals surface area contributed by atoms with Gasteiger partial charge in [-0.05, 0) is 12.1 Å². The highest BCUT2D eigenvalue weighted by Crippen LogP contribution is 2.22. The van der Waals surface area contributed by atoms with Gasteiger partial charge in [0.05, 0.1) is 22.6 Å². The maximum atomic E-state index is 12.0. The lowest BCUT2D eigenvalue weighted by Crippen LogP contribution is -2.37. The second-order valence-corrected chi connectivity index (χ2v) is 10.9. The molecule has 180 valence electrons. The van der Waals surface area contributed by atoms with E-state index < -0.39 is 31.9 Å². The molecule has 0 unspecified atom stereocenters. The number of fused-ring (bicyclic) bond motifs is 1. The van der Waals surface area contributed by atoms with Gasteiger partial charge < -0.3 is 11.2 Å². The molecule has 1 heterocycles. The molecule has 13 nitrogen and oxygen atoms in total. The first kappa shape index (κ1) is 31.2. The Morgan fingerprint density at radius 3 is 1.45 bits per heavy atom. The first-order chi connectivity index (χ1) is 13.8. The zero-order valence-corrected chi connectivity index (χ0v) is 19.6. The van der Waals surface area contributed by atoms with Crippen LogP contribution in [0.4, 0.5) is 0 Å². The average molecular weight is 485 g/mol. The average Bonchev–Trinajstić information content (AvgIpc) is 2.93. The van der Waals surface area contributed by atoms with E-state index in [-0.39, 0.29) is 30.1 Å². The maximum absolute atomic E-state index is 12.0. The van der Waals surface area contributed by atoms with E-state index in [1.54, 1.807) is 24.3 Å². The number of benzene rings is 1. The molecular formula is C16H32N6O7S2. The lowest BCUT2D eigenvalue weighted by Gasteiger charge is -2.16. The van der Waals surface area contributed by atoms with Crippen LogP contribution in [0.3, 0.4) is 0 Å². The SMILES string of the molecule is CN(C)S(=O)(=O)CCN.CN(C)S(=O)(=O)CCN1C(=O)c2ccccc2C1=O.NN.O. The highest BCUT2D eigenvalue weighted by Gasteiger charge is 2.35. The van der Waals surface area contributed by atoms with Gasteiger partial charge in [-0.3, -0.25) is 26.2 Å². The van der Waals surface area contributed by atoms with Crippen LogP contribution in [-0.2, 0) is 20.0 Å². The molecule has 8 N–H and O–H groups in total. The Kier molecular flexibility index (Phi) is 13.5. The van der Waals surface area contributed by atoms with Crippen molar-refractivity contribution in [2.24, 2.45) is 17.4 Å². The van der Waals surface area contributed by atoms with Crippen LogP contribution in [0.1, 0.15) is 20.7 Å². The Balaban J connectivity index is 0. The maximum Gasteiger partial charge on any atom is 0.261 e. The minimum atomic E-state index is -3.43. The number of imide groups is 1. The highest BCUT2D eigenvalue weighted by atomic mass is 32.2. The lowest BCUT2D eigenvalue weighted by molar-refractivity contribution is 0.0663. The van der Waals surface area contributed by atoms with Crippen molar-refractivity contribution in [1.82, 2.24) is 13.5 Å². The fraction of sp³-hybridized carbons (Fsp3) is 0.500. The van der Waals surface area contributed by atoms with Gasteiger partial charge in [-0.15, -0.1) is 0 Å². The van der Waals surface area contributed by atoms with Gasteiger partial charge in [0, 0.05) is 41.3 Å². The zero-order chi connectivity index (χ0) is 23.7. The van der Waals surface area contributed by atoms with Gasteiger partial charge in [0.1, 0.15) is 0 Å². The third kappa shape index (κ3) is 8.58. The van der Waals surface area contributed by atoms with Crippen molar-refractivity contribution in [3.63, 3.8) is 0 Å². The molecular weight excluding hydrogens is 452 g/mol. The van der Waals surface area contributed by atoms with E-state index in [2.05, 4.69) is 11.7 Å². The van der Waals surface area contributed by atoms with E-state index in [9.17, 15) is 26.4 Å². The molecule has 0 aromatic heterocycles. The van der Waals surface area contributed by atoms with Gasteiger partial charge in [-0.25, -0.2) is 25.4 Å². The Bertz CT molecular complexity index is 899. The molecule has 0 bridgehead atoms. The number of hydrogen-bond acceptors (Lipinski definition) is 9. The molecule has 0 fully saturated rings. The van der Waals surface area contributed by atoms with Gasteiger partial charge >= 0.3 is 0 Å². The van der Waals surface area contributed by atoms with Gasteiger partial charge in [0.25, 0.3) is 11.8 Å². The number of hydrogen-bond donors (Lipinski definition) is 3. The van der Waals surface area contributed by atoms with Crippen LogP contribution in [0.15, 0.2) is 24.3 Å². The first-order valence-corrected chi connectivity index (χ1v) is 11.9. The van der Waals surface area contributed by atoms with Crippen molar-refractivity contribution in [3.8, 4) is 0 Å². The number of nitrogens with two attached hydrogens (primary N) is 3. The van der Waals surface area contributed by atoms with E-state index >= 15 is 0 Å². The number of sulfonamides is 2. The van der Waals surface area contributed by atoms with E-state index in [0.29, 0.717) is 11.1 Å². The summed E-state index contributed by atoms with van der Waals surface area (Å²) in [6.45, 7) is 0.0490. The zero-order valence-electron chi connectivity index (χ0n) is 18.0. The third-order valence-electron chi connectivity index (χ3n) is 3.94. The fourth-order valence-electron chi connectivity index (χ4n) is 2.16. The van der Waals surface area contributed by atoms with Crippen LogP contribution in [0.25, 0.3) is 0 Å². The van der Waals surface area contributed by atoms with Crippen LogP contribution in [0.2, 0.25) is 0 Å². The molecule has 2 amide bonds. The van der Waals surface area contributed by atoms with Crippen LogP contribution >= 0.6 is 0 Å². The highest BCUT2D eigenvalue weighted by molar-refractivity contribution is 7.89. The van der Waals surface area contributed by atoms with Crippen LogP contribution in [0.5, 0.6) is 0 Å². The summed E-state index contributed by atoms with van der Waals surface area (Å²) in [4.78, 5) is 25.0. The van der Waals surface area contributed by atoms with Crippen molar-refractivity contribution in [1.29, 1.82) is 0 Å². The number of amides is 2. The molecule has 1 aromatic carbocycles. The molecule has 0 atom stereocenters. The van der Waals surface area contributed by atoms with Crippen molar-refractivity contribution in [2.45, 2.75) is 0 Å². The van der Waals surface area contributed by atoms with Crippen LogP contribution in [-0.4, -0.2) is 100 Å². The van der Waals surface area contributed by atoms with E-state index in [0.717, 1.165) is 9.21 Å². The van der Waals surface area contributed by atoms with Crippen LogP contribution in [0, 0.1) is 0 Å². The quantitative estimate of drug-likeness (QED) is 0.203. The number of rotatable bonds is 7. The Morgan fingerprint density at radius 1 is 0.806 bits per heavy atom. The first-order valence-electron chi connectivity index (χ1n) is 8.64. The van der Waals surface area contributed by atoms with Crippen molar-refractivity contribution in [2.75, 3.05) is 52.8 Å². The Morgan fingerprint density at radius 2 is 1.16 bits per heavy atom. The summed E-state index contributed by atoms with van der Waals surface area (Å²) in [5.41, 5.74) is 5.70. The number of hydrazine groups is 1. The molecule has 0 radical (unpaired) electrons. The summed E-state index contributed by atoms with van der Waals surface area (Å²) in [7, 11) is -0.662. The van der Waals surface area contributed by atoms with E-state index in [1.807, 2.05) is 0 Å². The van der Waals surface area contributed by atoms with Crippen LogP contribution < -0.4 is 17.4 Å². The van der Waals surface area contributed by atoms with Crippen molar-refractivity contribution < 1.29 is 31.9 Å². The van der Waals surface area contributed by atoms with E-state index in [1.165, 1.54) is 32.5 Å². The molecule has 0 spiro atoms. The molecule has 1 aliphatic heterocycles. The molecule has 15 heteroatoms. The molecule has 0 saturated carbocycles. The molecule has 0 aliphatic carbocycles. The summed E-state index contributed by atoms with van der Waals surface area (Å²) < 4.78 is 47.1. The molecule has 0 saturated heterocycles. The Hall–Kier alpha value is -1.98. The second kappa shape index (κ2) is 13.4. The summed E-state index contributed by atoms with van der Waals surface area (Å²) in [6, 6.07) is 6.47. The monoisotopic (exact) mass is 484 g/mol. The minimum Gasteiger partial charge on any atom is -0.412 e. The summed E-state index contributed by atoms with van der Waals surface area (Å²) in [5.74, 6) is 6.88. The largest absolute Gasteiger partial charge is 0.412 e. The summed E-state index contributed by atoms with van der Waals surface area (Å²) in [5, 5.41) is 0. The number of nitrogens with zero attached hydrogens (tertiary/aromatic N) is 3. The second-order valence-electron chi connectivity index (χ2n) is 6.29. The standard InChI is InChI=1S/C12H14N2O4S.C4H12N2O2S.H4N2.H2O/c1-13(2)19(17,18)8-7-14-11(15)9-5-3-4-6-10(9)12(14)16;1-6(2)9(7,8)4-3-5;1-2;/h3-6H,7-8H2,1-2H3;3-5H2,1-2H3;1-2H2;1H2. The van der Waals surface area contributed by atoms with Gasteiger partial charge in [-0.2, -0.15) is 0 Å². The fourth-order valence-corrected chi connectivity index (χ4v) is 3.60. The molecule has 2 rings (SSSR count). The summed E-state index contributed by atoms with van der Waals surface area (Å²) >= 11 is 0. The molecule has 31 heavy (non-hydrogen) atoms. The lowest BCUT2D eigenvalue weighted by atomic mass is 10.1. The van der Waals surface area contributed by atoms with Gasteiger partial charge in [0.15, 0.2) is 0 Å². The predicted molar refractivity (Wildman–Crippen MR) is 118 cm³/mol. The molecule has 1 aromatic rings. The minimum absolute atomic E-state index is 0. The van der Waals surface area contributed by atoms with Crippen molar-refractivity contribution in [3.05, 3.63) is 35.4 Å². The molecule has 1 aliphatic rings. The smallest absolute Gasteiger partial charge is 0.261 e. The number of carbonyl (C=O) groups is 2. The van der Waals surface area contributed by atoms with Crippen molar-refractivity contribution >= 4 is 31.9 Å². The van der Waals surface area contributed by atoms with Gasteiger partial charge in [0.2, 0.25) is 20.0 Å². The Labute approximate surface area is 183 Å².